The third-order valence-corrected chi connectivity index (χ3v) is 5.62. The Kier molecular flexibility index (Phi) is 5.06. The van der Waals surface area contributed by atoms with Crippen molar-refractivity contribution in [3.05, 3.63) is 29.8 Å². The van der Waals surface area contributed by atoms with Crippen LogP contribution >= 0.6 is 0 Å². The number of aliphatic carboxylic acids is 1. The molecule has 1 saturated carbocycles. The molecule has 2 N–H and O–H groups in total. The molecule has 0 radical (unpaired) electrons. The smallest absolute Gasteiger partial charge is 0.339 e. The molecule has 0 heterocycles. The molecule has 1 fully saturated rings. The second kappa shape index (κ2) is 6.67. The zero-order valence-electron chi connectivity index (χ0n) is 12.7. The number of rotatable bonds is 5. The summed E-state index contributed by atoms with van der Waals surface area (Å²) in [6, 6.07) is 5.57. The van der Waals surface area contributed by atoms with E-state index >= 15 is 0 Å². The highest BCUT2D eigenvalue weighted by Crippen LogP contribution is 2.30. The highest BCUT2D eigenvalue weighted by atomic mass is 32.2. The number of hydrogen-bond donors (Lipinski definition) is 2. The number of carboxylic acids is 1. The van der Waals surface area contributed by atoms with Crippen molar-refractivity contribution in [2.24, 2.45) is 0 Å². The quantitative estimate of drug-likeness (QED) is 0.786. The fourth-order valence-electron chi connectivity index (χ4n) is 2.81. The van der Waals surface area contributed by atoms with E-state index in [1.54, 1.807) is 0 Å². The summed E-state index contributed by atoms with van der Waals surface area (Å²) in [6.07, 6.45) is 2.58. The molecule has 0 bridgehead atoms. The number of nitrogens with one attached hydrogen (secondary N) is 1. The lowest BCUT2D eigenvalue weighted by atomic mass is 9.83. The van der Waals surface area contributed by atoms with E-state index in [0.717, 1.165) is 13.5 Å². The molecular weight excluding hydrogens is 322 g/mol. The largest absolute Gasteiger partial charge is 0.480 e. The minimum absolute atomic E-state index is 0.126. The molecule has 8 heteroatoms. The van der Waals surface area contributed by atoms with Crippen LogP contribution in [0.3, 0.4) is 0 Å². The molecule has 0 aliphatic heterocycles. The second-order valence-electron chi connectivity index (χ2n) is 5.54. The molecule has 2 rings (SSSR count). The van der Waals surface area contributed by atoms with Crippen molar-refractivity contribution < 1.29 is 27.9 Å². The van der Waals surface area contributed by atoms with Crippen molar-refractivity contribution in [2.45, 2.75) is 42.5 Å². The number of benzene rings is 1. The van der Waals surface area contributed by atoms with Crippen molar-refractivity contribution in [3.8, 4) is 0 Å². The Morgan fingerprint density at radius 3 is 2.35 bits per heavy atom. The fourth-order valence-corrected chi connectivity index (χ4v) is 4.42. The van der Waals surface area contributed by atoms with Gasteiger partial charge in [0.25, 0.3) is 0 Å². The lowest BCUT2D eigenvalue weighted by Crippen LogP contribution is -2.55. The Labute approximate surface area is 134 Å². The molecule has 23 heavy (non-hydrogen) atoms. The van der Waals surface area contributed by atoms with Gasteiger partial charge < -0.3 is 9.84 Å². The third-order valence-electron chi connectivity index (χ3n) is 4.03. The molecule has 1 aliphatic rings. The zero-order chi connectivity index (χ0) is 17.1. The molecular formula is C15H19NO6S. The summed E-state index contributed by atoms with van der Waals surface area (Å²) in [5.41, 5.74) is -1.65. The number of esters is 1. The van der Waals surface area contributed by atoms with Gasteiger partial charge in [-0.05, 0) is 25.0 Å². The molecule has 1 aliphatic carbocycles. The molecule has 1 aromatic carbocycles. The van der Waals surface area contributed by atoms with Crippen LogP contribution in [0.5, 0.6) is 0 Å². The van der Waals surface area contributed by atoms with Crippen LogP contribution < -0.4 is 4.72 Å². The van der Waals surface area contributed by atoms with Crippen LogP contribution in [0, 0.1) is 0 Å². The summed E-state index contributed by atoms with van der Waals surface area (Å²) < 4.78 is 32.2. The predicted molar refractivity (Wildman–Crippen MR) is 81.6 cm³/mol. The Morgan fingerprint density at radius 2 is 1.78 bits per heavy atom. The topological polar surface area (TPSA) is 110 Å². The first kappa shape index (κ1) is 17.4. The van der Waals surface area contributed by atoms with Crippen molar-refractivity contribution >= 4 is 22.0 Å². The minimum atomic E-state index is -4.18. The van der Waals surface area contributed by atoms with E-state index in [1.807, 2.05) is 0 Å². The highest BCUT2D eigenvalue weighted by Gasteiger charge is 2.43. The van der Waals surface area contributed by atoms with Gasteiger partial charge >= 0.3 is 11.9 Å². The Hall–Kier alpha value is -1.93. The molecule has 0 unspecified atom stereocenters. The molecule has 126 valence electrons. The predicted octanol–water partition coefficient (Wildman–Crippen LogP) is 1.54. The summed E-state index contributed by atoms with van der Waals surface area (Å²) in [5, 5.41) is 9.51. The van der Waals surface area contributed by atoms with Gasteiger partial charge in [-0.15, -0.1) is 0 Å². The van der Waals surface area contributed by atoms with Crippen LogP contribution in [-0.4, -0.2) is 38.1 Å². The summed E-state index contributed by atoms with van der Waals surface area (Å²) in [4.78, 5) is 23.1. The maximum absolute atomic E-state index is 12.7. The van der Waals surface area contributed by atoms with Gasteiger partial charge in [-0.3, -0.25) is 4.79 Å². The molecule has 0 spiro atoms. The molecule has 0 aromatic heterocycles. The van der Waals surface area contributed by atoms with Crippen molar-refractivity contribution in [3.63, 3.8) is 0 Å². The highest BCUT2D eigenvalue weighted by molar-refractivity contribution is 7.89. The van der Waals surface area contributed by atoms with Gasteiger partial charge in [0.1, 0.15) is 5.54 Å². The maximum Gasteiger partial charge on any atom is 0.339 e. The summed E-state index contributed by atoms with van der Waals surface area (Å²) in [5.74, 6) is -1.99. The maximum atomic E-state index is 12.7. The van der Waals surface area contributed by atoms with Crippen LogP contribution in [0.2, 0.25) is 0 Å². The van der Waals surface area contributed by atoms with E-state index in [0.29, 0.717) is 12.8 Å². The minimum Gasteiger partial charge on any atom is -0.480 e. The summed E-state index contributed by atoms with van der Waals surface area (Å²) in [7, 11) is -3.03. The van der Waals surface area contributed by atoms with E-state index in [4.69, 9.17) is 0 Å². The van der Waals surface area contributed by atoms with Crippen LogP contribution in [0.15, 0.2) is 29.2 Å². The molecule has 0 saturated heterocycles. The molecule has 1 aromatic rings. The number of sulfonamides is 1. The lowest BCUT2D eigenvalue weighted by Gasteiger charge is -2.33. The average molecular weight is 341 g/mol. The average Bonchev–Trinajstić information content (AvgIpc) is 2.54. The van der Waals surface area contributed by atoms with E-state index in [9.17, 15) is 23.1 Å². The van der Waals surface area contributed by atoms with E-state index in [2.05, 4.69) is 9.46 Å². The number of ether oxygens (including phenoxy) is 1. The van der Waals surface area contributed by atoms with E-state index < -0.39 is 27.5 Å². The van der Waals surface area contributed by atoms with Crippen molar-refractivity contribution in [2.75, 3.05) is 7.11 Å². The normalized spacial score (nSPS) is 17.4. The van der Waals surface area contributed by atoms with E-state index in [1.165, 1.54) is 24.3 Å². The number of carboxylic acid groups (broad SMARTS) is 1. The monoisotopic (exact) mass is 341 g/mol. The third kappa shape index (κ3) is 3.53. The van der Waals surface area contributed by atoms with Gasteiger partial charge in [-0.2, -0.15) is 4.72 Å². The van der Waals surface area contributed by atoms with Crippen LogP contribution in [0.25, 0.3) is 0 Å². The van der Waals surface area contributed by atoms with Gasteiger partial charge in [-0.1, -0.05) is 31.4 Å². The molecule has 0 amide bonds. The van der Waals surface area contributed by atoms with Crippen LogP contribution in [0.4, 0.5) is 0 Å². The summed E-state index contributed by atoms with van der Waals surface area (Å²) >= 11 is 0. The number of carbonyl (C=O) groups excluding carboxylic acids is 1. The molecule has 0 atom stereocenters. The van der Waals surface area contributed by atoms with Gasteiger partial charge in [0, 0.05) is 0 Å². The van der Waals surface area contributed by atoms with Gasteiger partial charge in [0.2, 0.25) is 10.0 Å². The first-order valence-electron chi connectivity index (χ1n) is 7.27. The van der Waals surface area contributed by atoms with Gasteiger partial charge in [0.05, 0.1) is 17.6 Å². The Balaban J connectivity index is 2.43. The number of methoxy groups -OCH3 is 1. The second-order valence-corrected chi connectivity index (χ2v) is 7.19. The van der Waals surface area contributed by atoms with Gasteiger partial charge in [-0.25, -0.2) is 13.2 Å². The first-order valence-corrected chi connectivity index (χ1v) is 8.75. The first-order chi connectivity index (χ1) is 10.8. The lowest BCUT2D eigenvalue weighted by molar-refractivity contribution is -0.145. The van der Waals surface area contributed by atoms with Crippen molar-refractivity contribution in [1.29, 1.82) is 0 Å². The van der Waals surface area contributed by atoms with Crippen molar-refractivity contribution in [1.82, 2.24) is 4.72 Å². The Morgan fingerprint density at radius 1 is 1.17 bits per heavy atom. The van der Waals surface area contributed by atoms with Crippen LogP contribution in [0.1, 0.15) is 42.5 Å². The Bertz CT molecular complexity index is 706. The SMILES string of the molecule is COC(=O)c1ccccc1S(=O)(=O)NC1(C(=O)O)CCCCC1. The molecule has 7 nitrogen and oxygen atoms in total. The van der Waals surface area contributed by atoms with Gasteiger partial charge in [0.15, 0.2) is 0 Å². The fraction of sp³-hybridized carbons (Fsp3) is 0.467. The number of hydrogen-bond acceptors (Lipinski definition) is 5. The summed E-state index contributed by atoms with van der Waals surface area (Å²) in [6.45, 7) is 0. The zero-order valence-corrected chi connectivity index (χ0v) is 13.6. The standard InChI is InChI=1S/C15H19NO6S/c1-22-13(17)11-7-3-4-8-12(11)23(20,21)16-15(14(18)19)9-5-2-6-10-15/h3-4,7-8,16H,2,5-6,9-10H2,1H3,(H,18,19). The number of carbonyl (C=O) groups is 2. The van der Waals surface area contributed by atoms with Crippen LogP contribution in [-0.2, 0) is 19.6 Å². The van der Waals surface area contributed by atoms with E-state index in [-0.39, 0.29) is 23.3 Å².